The molecule has 2 aliphatic carbocycles. The highest BCUT2D eigenvalue weighted by atomic mass is 16.3. The van der Waals surface area contributed by atoms with Crippen LogP contribution in [0.4, 0.5) is 0 Å². The van der Waals surface area contributed by atoms with Gasteiger partial charge in [0.2, 0.25) is 0 Å². The van der Waals surface area contributed by atoms with Gasteiger partial charge in [0.15, 0.2) is 17.5 Å². The number of hydrogen-bond acceptors (Lipinski definition) is 4. The van der Waals surface area contributed by atoms with Crippen molar-refractivity contribution in [3.05, 3.63) is 199 Å². The molecule has 1 spiro atoms. The molecule has 0 saturated heterocycles. The Morgan fingerprint density at radius 3 is 1.67 bits per heavy atom. The maximum absolute atomic E-state index is 6.30. The van der Waals surface area contributed by atoms with Gasteiger partial charge in [0.05, 0.1) is 0 Å². The number of furan rings is 1. The lowest BCUT2D eigenvalue weighted by Crippen LogP contribution is -2.28. The van der Waals surface area contributed by atoms with Crippen molar-refractivity contribution in [1.82, 2.24) is 15.0 Å². The maximum atomic E-state index is 6.30. The van der Waals surface area contributed by atoms with E-state index in [-0.39, 0.29) is 5.41 Å². The van der Waals surface area contributed by atoms with Gasteiger partial charge in [-0.25, -0.2) is 15.0 Å². The van der Waals surface area contributed by atoms with Gasteiger partial charge in [-0.15, -0.1) is 0 Å². The zero-order valence-electron chi connectivity index (χ0n) is 33.7. The zero-order valence-corrected chi connectivity index (χ0v) is 33.7. The van der Waals surface area contributed by atoms with Gasteiger partial charge in [0.1, 0.15) is 11.2 Å². The number of aromatic nitrogens is 3. The molecule has 8 aromatic carbocycles. The second kappa shape index (κ2) is 14.4. The normalized spacial score (nSPS) is 14.0. The van der Waals surface area contributed by atoms with E-state index >= 15 is 0 Å². The molecule has 0 radical (unpaired) electrons. The lowest BCUT2D eigenvalue weighted by atomic mass is 9.66. The van der Waals surface area contributed by atoms with Crippen LogP contribution in [0, 0.1) is 0 Å². The fraction of sp³-hybridized carbons (Fsp3) is 0.105. The molecular formula is C57H41N3O. The van der Waals surface area contributed by atoms with Crippen LogP contribution in [0.15, 0.2) is 192 Å². The summed E-state index contributed by atoms with van der Waals surface area (Å²) in [6.45, 7) is 0. The van der Waals surface area contributed by atoms with Gasteiger partial charge >= 0.3 is 0 Å². The van der Waals surface area contributed by atoms with Crippen LogP contribution in [-0.4, -0.2) is 15.0 Å². The van der Waals surface area contributed by atoms with Crippen LogP contribution in [0.3, 0.4) is 0 Å². The van der Waals surface area contributed by atoms with E-state index in [4.69, 9.17) is 19.4 Å². The van der Waals surface area contributed by atoms with Crippen molar-refractivity contribution in [3.8, 4) is 78.7 Å². The molecule has 0 amide bonds. The van der Waals surface area contributed by atoms with E-state index in [0.29, 0.717) is 17.5 Å². The molecule has 0 aliphatic heterocycles. The number of fused-ring (bicyclic) bond motifs is 8. The SMILES string of the molecule is c1ccc(-c2cccc(-c3nc(-c4ccc(-c5cccc(-c6cccc7c6C6(CCCCC6)c6ccccc6-7)c5)cc4)nc(-c4ccc5c(c4)oc4ccccc45)n3)c2)cc1. The Labute approximate surface area is 355 Å². The molecule has 0 unspecified atom stereocenters. The monoisotopic (exact) mass is 783 g/mol. The second-order valence-corrected chi connectivity index (χ2v) is 16.6. The third-order valence-corrected chi connectivity index (χ3v) is 13.1. The highest BCUT2D eigenvalue weighted by molar-refractivity contribution is 6.05. The van der Waals surface area contributed by atoms with Crippen molar-refractivity contribution in [2.45, 2.75) is 37.5 Å². The van der Waals surface area contributed by atoms with Crippen LogP contribution in [-0.2, 0) is 5.41 Å². The van der Waals surface area contributed by atoms with Crippen molar-refractivity contribution < 1.29 is 4.42 Å². The minimum absolute atomic E-state index is 0.0847. The smallest absolute Gasteiger partial charge is 0.164 e. The average molecular weight is 784 g/mol. The van der Waals surface area contributed by atoms with Crippen LogP contribution in [0.1, 0.15) is 43.2 Å². The molecule has 4 heteroatoms. The lowest BCUT2D eigenvalue weighted by molar-refractivity contribution is 0.353. The largest absolute Gasteiger partial charge is 0.456 e. The lowest BCUT2D eigenvalue weighted by Gasteiger charge is -2.37. The Kier molecular flexibility index (Phi) is 8.38. The van der Waals surface area contributed by atoms with E-state index < -0.39 is 0 Å². The minimum Gasteiger partial charge on any atom is -0.456 e. The second-order valence-electron chi connectivity index (χ2n) is 16.6. The van der Waals surface area contributed by atoms with Crippen molar-refractivity contribution in [2.75, 3.05) is 0 Å². The molecule has 2 heterocycles. The highest BCUT2D eigenvalue weighted by Gasteiger charge is 2.45. The Bertz CT molecular complexity index is 3280. The quantitative estimate of drug-likeness (QED) is 0.169. The van der Waals surface area contributed by atoms with E-state index in [1.54, 1.807) is 0 Å². The molecule has 12 rings (SSSR count). The minimum atomic E-state index is 0.0847. The summed E-state index contributed by atoms with van der Waals surface area (Å²) < 4.78 is 6.30. The summed E-state index contributed by atoms with van der Waals surface area (Å²) in [5.41, 5.74) is 17.5. The first-order valence-electron chi connectivity index (χ1n) is 21.5. The Balaban J connectivity index is 0.933. The fourth-order valence-corrected chi connectivity index (χ4v) is 10.3. The van der Waals surface area contributed by atoms with Gasteiger partial charge in [-0.05, 0) is 98.8 Å². The summed E-state index contributed by atoms with van der Waals surface area (Å²) in [4.78, 5) is 15.4. The Hall–Kier alpha value is -7.43. The van der Waals surface area contributed by atoms with Crippen molar-refractivity contribution >= 4 is 21.9 Å². The summed E-state index contributed by atoms with van der Waals surface area (Å²) >= 11 is 0. The van der Waals surface area contributed by atoms with E-state index in [1.165, 1.54) is 71.0 Å². The molecule has 1 saturated carbocycles. The number of rotatable bonds is 6. The maximum Gasteiger partial charge on any atom is 0.164 e. The number of hydrogen-bond donors (Lipinski definition) is 0. The molecule has 290 valence electrons. The summed E-state index contributed by atoms with van der Waals surface area (Å²) in [7, 11) is 0. The number of para-hydroxylation sites is 1. The van der Waals surface area contributed by atoms with Crippen LogP contribution in [0.2, 0.25) is 0 Å². The fourth-order valence-electron chi connectivity index (χ4n) is 10.3. The van der Waals surface area contributed by atoms with Crippen molar-refractivity contribution in [2.24, 2.45) is 0 Å². The zero-order chi connectivity index (χ0) is 40.3. The van der Waals surface area contributed by atoms with Gasteiger partial charge in [0, 0.05) is 32.9 Å². The summed E-state index contributed by atoms with van der Waals surface area (Å²) in [5.74, 6) is 1.83. The van der Waals surface area contributed by atoms with Crippen LogP contribution in [0.25, 0.3) is 101 Å². The van der Waals surface area contributed by atoms with Gasteiger partial charge in [-0.2, -0.15) is 0 Å². The average Bonchev–Trinajstić information content (AvgIpc) is 3.84. The molecule has 2 aliphatic rings. The molecule has 10 aromatic rings. The first kappa shape index (κ1) is 35.5. The van der Waals surface area contributed by atoms with Crippen LogP contribution < -0.4 is 0 Å². The molecule has 0 atom stereocenters. The van der Waals surface area contributed by atoms with Crippen LogP contribution >= 0.6 is 0 Å². The molecule has 0 N–H and O–H groups in total. The summed E-state index contributed by atoms with van der Waals surface area (Å²) in [6.07, 6.45) is 6.29. The number of nitrogens with zero attached hydrogens (tertiary/aromatic N) is 3. The van der Waals surface area contributed by atoms with Crippen LogP contribution in [0.5, 0.6) is 0 Å². The molecule has 0 bridgehead atoms. The van der Waals surface area contributed by atoms with Gasteiger partial charge in [0.25, 0.3) is 0 Å². The highest BCUT2D eigenvalue weighted by Crippen LogP contribution is 2.58. The first-order valence-corrected chi connectivity index (χ1v) is 21.5. The Morgan fingerprint density at radius 2 is 0.869 bits per heavy atom. The van der Waals surface area contributed by atoms with E-state index in [1.807, 2.05) is 30.3 Å². The van der Waals surface area contributed by atoms with Gasteiger partial charge in [-0.3, -0.25) is 0 Å². The van der Waals surface area contributed by atoms with Crippen molar-refractivity contribution in [1.29, 1.82) is 0 Å². The van der Waals surface area contributed by atoms with Gasteiger partial charge < -0.3 is 4.42 Å². The Morgan fingerprint density at radius 1 is 0.344 bits per heavy atom. The van der Waals surface area contributed by atoms with E-state index in [0.717, 1.165) is 55.3 Å². The number of benzene rings is 8. The molecule has 4 nitrogen and oxygen atoms in total. The standard InChI is InChI=1S/C57H41N3O/c1-3-14-37(15-4-1)41-17-12-19-43(35-41)55-58-54(59-56(60-55)44-30-31-48-47-21-6-8-25-51(47)61-52(48)36-44)39-28-26-38(27-29-39)40-16-11-18-42(34-40)45-22-13-23-49-46-20-5-7-24-50(46)57(53(45)49)32-9-2-10-33-57/h1,3-8,11-31,34-36H,2,9-10,32-33H2. The third-order valence-electron chi connectivity index (χ3n) is 13.1. The van der Waals surface area contributed by atoms with E-state index in [2.05, 4.69) is 158 Å². The molecule has 61 heavy (non-hydrogen) atoms. The summed E-state index contributed by atoms with van der Waals surface area (Å²) in [6, 6.07) is 67.1. The first-order chi connectivity index (χ1) is 30.2. The summed E-state index contributed by atoms with van der Waals surface area (Å²) in [5, 5.41) is 2.16. The molecule has 1 fully saturated rings. The predicted molar refractivity (Wildman–Crippen MR) is 249 cm³/mol. The van der Waals surface area contributed by atoms with Gasteiger partial charge in [-0.1, -0.05) is 177 Å². The van der Waals surface area contributed by atoms with E-state index in [9.17, 15) is 0 Å². The topological polar surface area (TPSA) is 51.8 Å². The third kappa shape index (κ3) is 6.01. The van der Waals surface area contributed by atoms with Crippen molar-refractivity contribution in [3.63, 3.8) is 0 Å². The molecular weight excluding hydrogens is 743 g/mol. The predicted octanol–water partition coefficient (Wildman–Crippen LogP) is 15.0. The molecule has 2 aromatic heterocycles.